The summed E-state index contributed by atoms with van der Waals surface area (Å²) in [6.45, 7) is 11.0. The van der Waals surface area contributed by atoms with Crippen LogP contribution in [0.3, 0.4) is 0 Å². The van der Waals surface area contributed by atoms with Crippen LogP contribution in [0.25, 0.3) is 0 Å². The highest BCUT2D eigenvalue weighted by atomic mass is 16.2. The third kappa shape index (κ3) is 7.14. The Morgan fingerprint density at radius 2 is 2.13 bits per heavy atom. The smallest absolute Gasteiger partial charge is 0.222 e. The van der Waals surface area contributed by atoms with E-state index < -0.39 is 0 Å². The van der Waals surface area contributed by atoms with E-state index in [4.69, 9.17) is 5.73 Å². The van der Waals surface area contributed by atoms with Crippen molar-refractivity contribution in [3.8, 4) is 0 Å². The predicted molar refractivity (Wildman–Crippen MR) is 64.6 cm³/mol. The summed E-state index contributed by atoms with van der Waals surface area (Å²) in [5, 5.41) is 0. The number of hydrogen-bond acceptors (Lipinski definition) is 2. The van der Waals surface area contributed by atoms with Crippen molar-refractivity contribution in [3.05, 3.63) is 12.7 Å². The topological polar surface area (TPSA) is 46.3 Å². The van der Waals surface area contributed by atoms with E-state index in [-0.39, 0.29) is 11.4 Å². The van der Waals surface area contributed by atoms with Gasteiger partial charge in [-0.2, -0.15) is 0 Å². The van der Waals surface area contributed by atoms with Gasteiger partial charge in [-0.15, -0.1) is 6.58 Å². The van der Waals surface area contributed by atoms with Crippen molar-refractivity contribution in [2.24, 2.45) is 5.73 Å². The normalized spacial score (nSPS) is 11.2. The number of carbonyl (C=O) groups excluding carboxylic acids is 1. The van der Waals surface area contributed by atoms with E-state index in [0.717, 1.165) is 19.4 Å². The van der Waals surface area contributed by atoms with E-state index in [1.807, 2.05) is 18.7 Å². The Morgan fingerprint density at radius 1 is 1.53 bits per heavy atom. The zero-order valence-electron chi connectivity index (χ0n) is 10.3. The molecule has 2 N–H and O–H groups in total. The van der Waals surface area contributed by atoms with E-state index in [1.165, 1.54) is 0 Å². The molecule has 0 saturated heterocycles. The van der Waals surface area contributed by atoms with Gasteiger partial charge in [-0.1, -0.05) is 13.0 Å². The Labute approximate surface area is 93.3 Å². The predicted octanol–water partition coefficient (Wildman–Crippen LogP) is 1.93. The van der Waals surface area contributed by atoms with E-state index in [1.54, 1.807) is 6.08 Å². The fourth-order valence-electron chi connectivity index (χ4n) is 1.33. The summed E-state index contributed by atoms with van der Waals surface area (Å²) in [5.41, 5.74) is 5.58. The van der Waals surface area contributed by atoms with Gasteiger partial charge in [0.25, 0.3) is 0 Å². The molecule has 3 heteroatoms. The fourth-order valence-corrected chi connectivity index (χ4v) is 1.33. The van der Waals surface area contributed by atoms with Gasteiger partial charge in [0.2, 0.25) is 5.91 Å². The van der Waals surface area contributed by atoms with Crippen LogP contribution in [-0.4, -0.2) is 29.4 Å². The van der Waals surface area contributed by atoms with E-state index in [2.05, 4.69) is 13.5 Å². The molecule has 0 aliphatic heterocycles. The molecule has 0 saturated carbocycles. The molecule has 0 unspecified atom stereocenters. The number of carbonyl (C=O) groups is 1. The highest BCUT2D eigenvalue weighted by Crippen LogP contribution is 2.09. The van der Waals surface area contributed by atoms with E-state index in [9.17, 15) is 4.79 Å². The van der Waals surface area contributed by atoms with Crippen molar-refractivity contribution < 1.29 is 4.79 Å². The van der Waals surface area contributed by atoms with Gasteiger partial charge < -0.3 is 10.6 Å². The summed E-state index contributed by atoms with van der Waals surface area (Å²) < 4.78 is 0. The van der Waals surface area contributed by atoms with Crippen LogP contribution in [0.4, 0.5) is 0 Å². The molecule has 0 aromatic carbocycles. The van der Waals surface area contributed by atoms with Crippen molar-refractivity contribution in [3.63, 3.8) is 0 Å². The summed E-state index contributed by atoms with van der Waals surface area (Å²) in [5.74, 6) is 0.176. The number of hydrogen-bond donors (Lipinski definition) is 1. The standard InChI is InChI=1S/C12H24N2O/c1-5-9-14(10-6-2)11(15)7-8-12(3,4)13/h5H,1,6-10,13H2,2-4H3. The largest absolute Gasteiger partial charge is 0.339 e. The van der Waals surface area contributed by atoms with Gasteiger partial charge in [0, 0.05) is 25.0 Å². The SMILES string of the molecule is C=CCN(CCC)C(=O)CCC(C)(C)N. The van der Waals surface area contributed by atoms with Gasteiger partial charge >= 0.3 is 0 Å². The minimum absolute atomic E-state index is 0.176. The van der Waals surface area contributed by atoms with Crippen molar-refractivity contribution in [1.82, 2.24) is 4.90 Å². The first kappa shape index (κ1) is 14.2. The minimum atomic E-state index is -0.262. The number of rotatable bonds is 7. The van der Waals surface area contributed by atoms with Gasteiger partial charge in [-0.05, 0) is 26.7 Å². The van der Waals surface area contributed by atoms with Crippen molar-refractivity contribution in [2.45, 2.75) is 45.6 Å². The molecule has 0 aromatic rings. The maximum absolute atomic E-state index is 11.8. The lowest BCUT2D eigenvalue weighted by atomic mass is 10.00. The Morgan fingerprint density at radius 3 is 2.53 bits per heavy atom. The molecule has 0 heterocycles. The molecular formula is C12H24N2O. The second-order valence-electron chi connectivity index (χ2n) is 4.62. The van der Waals surface area contributed by atoms with Crippen LogP contribution < -0.4 is 5.73 Å². The Kier molecular flexibility index (Phi) is 6.25. The van der Waals surface area contributed by atoms with Gasteiger partial charge in [-0.3, -0.25) is 4.79 Å². The van der Waals surface area contributed by atoms with Gasteiger partial charge in [-0.25, -0.2) is 0 Å². The highest BCUT2D eigenvalue weighted by Gasteiger charge is 2.16. The van der Waals surface area contributed by atoms with Gasteiger partial charge in [0.1, 0.15) is 0 Å². The molecule has 0 aliphatic carbocycles. The zero-order valence-corrected chi connectivity index (χ0v) is 10.3. The number of amides is 1. The monoisotopic (exact) mass is 212 g/mol. The number of nitrogens with zero attached hydrogens (tertiary/aromatic N) is 1. The summed E-state index contributed by atoms with van der Waals surface area (Å²) in [4.78, 5) is 13.6. The molecule has 0 spiro atoms. The molecule has 88 valence electrons. The first-order chi connectivity index (χ1) is 6.90. The Hall–Kier alpha value is -0.830. The lowest BCUT2D eigenvalue weighted by Gasteiger charge is -2.23. The summed E-state index contributed by atoms with van der Waals surface area (Å²) in [7, 11) is 0. The lowest BCUT2D eigenvalue weighted by molar-refractivity contribution is -0.131. The highest BCUT2D eigenvalue weighted by molar-refractivity contribution is 5.76. The zero-order chi connectivity index (χ0) is 11.9. The minimum Gasteiger partial charge on any atom is -0.339 e. The Bertz CT molecular complexity index is 206. The summed E-state index contributed by atoms with van der Waals surface area (Å²) in [6.07, 6.45) is 3.99. The fraction of sp³-hybridized carbons (Fsp3) is 0.750. The Balaban J connectivity index is 4.07. The maximum Gasteiger partial charge on any atom is 0.222 e. The van der Waals surface area contributed by atoms with Crippen LogP contribution in [0.1, 0.15) is 40.0 Å². The van der Waals surface area contributed by atoms with E-state index >= 15 is 0 Å². The molecule has 0 radical (unpaired) electrons. The average molecular weight is 212 g/mol. The molecule has 0 aromatic heterocycles. The molecule has 0 bridgehead atoms. The third-order valence-electron chi connectivity index (χ3n) is 2.18. The van der Waals surface area contributed by atoms with Gasteiger partial charge in [0.15, 0.2) is 0 Å². The van der Waals surface area contributed by atoms with Crippen LogP contribution in [0.2, 0.25) is 0 Å². The molecule has 0 fully saturated rings. The van der Waals surface area contributed by atoms with Crippen LogP contribution >= 0.6 is 0 Å². The summed E-state index contributed by atoms with van der Waals surface area (Å²) >= 11 is 0. The molecule has 1 amide bonds. The molecule has 3 nitrogen and oxygen atoms in total. The molecular weight excluding hydrogens is 188 g/mol. The average Bonchev–Trinajstić information content (AvgIpc) is 2.13. The van der Waals surface area contributed by atoms with Crippen molar-refractivity contribution in [1.29, 1.82) is 0 Å². The summed E-state index contributed by atoms with van der Waals surface area (Å²) in [6, 6.07) is 0. The first-order valence-corrected chi connectivity index (χ1v) is 5.58. The first-order valence-electron chi connectivity index (χ1n) is 5.58. The number of nitrogens with two attached hydrogens (primary N) is 1. The second-order valence-corrected chi connectivity index (χ2v) is 4.62. The van der Waals surface area contributed by atoms with Crippen LogP contribution in [-0.2, 0) is 4.79 Å². The molecule has 15 heavy (non-hydrogen) atoms. The molecule has 0 atom stereocenters. The quantitative estimate of drug-likeness (QED) is 0.655. The second kappa shape index (κ2) is 6.62. The van der Waals surface area contributed by atoms with Crippen molar-refractivity contribution in [2.75, 3.05) is 13.1 Å². The molecule has 0 rings (SSSR count). The van der Waals surface area contributed by atoms with E-state index in [0.29, 0.717) is 13.0 Å². The molecule has 0 aliphatic rings. The third-order valence-corrected chi connectivity index (χ3v) is 2.18. The van der Waals surface area contributed by atoms with Crippen LogP contribution in [0.15, 0.2) is 12.7 Å². The van der Waals surface area contributed by atoms with Crippen molar-refractivity contribution >= 4 is 5.91 Å². The van der Waals surface area contributed by atoms with Gasteiger partial charge in [0.05, 0.1) is 0 Å². The van der Waals surface area contributed by atoms with Crippen LogP contribution in [0.5, 0.6) is 0 Å². The lowest BCUT2D eigenvalue weighted by Crippen LogP contribution is -2.36. The van der Waals surface area contributed by atoms with Crippen LogP contribution in [0, 0.1) is 0 Å². The maximum atomic E-state index is 11.8.